The number of unbranched alkanes of at least 4 members (excludes halogenated alkanes) is 15. The van der Waals surface area contributed by atoms with Crippen molar-refractivity contribution < 1.29 is 42.9 Å². The number of nitrogen functional groups attached to an aromatic ring is 1. The van der Waals surface area contributed by atoms with Gasteiger partial charge in [-0.25, -0.2) is 24.0 Å². The van der Waals surface area contributed by atoms with Crippen LogP contribution in [0.2, 0.25) is 0 Å². The maximum atomic E-state index is 13.0. The van der Waals surface area contributed by atoms with E-state index in [1.807, 2.05) is 12.1 Å². The molecule has 1 fully saturated rings. The fourth-order valence-electron chi connectivity index (χ4n) is 6.62. The highest BCUT2D eigenvalue weighted by atomic mass is 31.2. The predicted octanol–water partition coefficient (Wildman–Crippen LogP) is 5.67. The van der Waals surface area contributed by atoms with Crippen molar-refractivity contribution in [3.05, 3.63) is 42.2 Å². The van der Waals surface area contributed by atoms with E-state index in [0.717, 1.165) is 25.6 Å². The van der Waals surface area contributed by atoms with Gasteiger partial charge in [0.15, 0.2) is 11.5 Å². The lowest BCUT2D eigenvalue weighted by molar-refractivity contribution is -0.0652. The van der Waals surface area contributed by atoms with Gasteiger partial charge in [0.05, 0.1) is 37.9 Å². The molecule has 4 rings (SSSR count). The van der Waals surface area contributed by atoms with Crippen molar-refractivity contribution in [3.8, 4) is 18.0 Å². The van der Waals surface area contributed by atoms with E-state index in [2.05, 4.69) is 27.0 Å². The topological polar surface area (TPSA) is 253 Å². The summed E-state index contributed by atoms with van der Waals surface area (Å²) in [6.07, 6.45) is 18.0. The number of aliphatic hydroxyl groups excluding tert-OH is 2. The van der Waals surface area contributed by atoms with Crippen LogP contribution in [0.4, 0.5) is 5.82 Å². The Morgan fingerprint density at radius 3 is 2.14 bits per heavy atom. The molecule has 1 saturated heterocycles. The summed E-state index contributed by atoms with van der Waals surface area (Å²) in [6.45, 7) is 1.49. The van der Waals surface area contributed by atoms with Gasteiger partial charge in [0.1, 0.15) is 48.4 Å². The Bertz CT molecular complexity index is 1740. The minimum atomic E-state index is -4.81. The monoisotopic (exact) mass is 800 g/mol. The van der Waals surface area contributed by atoms with Crippen LogP contribution in [0.1, 0.15) is 121 Å². The number of nitrogens with two attached hydrogens (primary N) is 1. The van der Waals surface area contributed by atoms with Crippen LogP contribution < -0.4 is 10.5 Å². The van der Waals surface area contributed by atoms with E-state index in [4.69, 9.17) is 34.3 Å². The van der Waals surface area contributed by atoms with Crippen LogP contribution in [0.25, 0.3) is 5.52 Å². The highest BCUT2D eigenvalue weighted by molar-refractivity contribution is 7.47. The molecule has 308 valence electrons. The molecule has 5 N–H and O–H groups in total. The summed E-state index contributed by atoms with van der Waals surface area (Å²) in [5.74, 6) is 0.163. The highest BCUT2D eigenvalue weighted by Gasteiger charge is 2.58. The Hall–Kier alpha value is -3.77. The lowest BCUT2D eigenvalue weighted by atomic mass is 9.92. The van der Waals surface area contributed by atoms with Crippen LogP contribution in [-0.2, 0) is 28.7 Å². The number of aromatic nitrogens is 5. The summed E-state index contributed by atoms with van der Waals surface area (Å²) < 4.78 is 42.0. The molecule has 0 aromatic carbocycles. The van der Waals surface area contributed by atoms with Crippen molar-refractivity contribution >= 4 is 19.2 Å². The van der Waals surface area contributed by atoms with Crippen molar-refractivity contribution in [1.82, 2.24) is 24.6 Å². The molecular weight excluding hydrogens is 743 g/mol. The van der Waals surface area contributed by atoms with Crippen LogP contribution in [0.5, 0.6) is 5.88 Å². The van der Waals surface area contributed by atoms with Gasteiger partial charge < -0.3 is 35.1 Å². The van der Waals surface area contributed by atoms with Crippen molar-refractivity contribution in [2.45, 2.75) is 140 Å². The number of aliphatic hydroxyl groups is 2. The Balaban J connectivity index is 1.18. The first-order chi connectivity index (χ1) is 27.1. The third-order valence-corrected chi connectivity index (χ3v) is 10.7. The van der Waals surface area contributed by atoms with Gasteiger partial charge in [-0.15, -0.1) is 0 Å². The zero-order chi connectivity index (χ0) is 40.2. The number of nitriles is 2. The molecule has 1 unspecified atom stereocenters. The fourth-order valence-corrected chi connectivity index (χ4v) is 7.39. The second-order valence-electron chi connectivity index (χ2n) is 14.1. The molecule has 0 bridgehead atoms. The van der Waals surface area contributed by atoms with E-state index >= 15 is 0 Å². The quantitative estimate of drug-likeness (QED) is 0.0509. The lowest BCUT2D eigenvalue weighted by Gasteiger charge is -2.24. The molecule has 3 aromatic rings. The van der Waals surface area contributed by atoms with Crippen LogP contribution in [0.15, 0.2) is 30.9 Å². The SMILES string of the molecule is CCCCCCCCCCCCCCCCCCOC[C@H](COP(=O)(O)OC[C@H]1O[C@@](C#N)(c2ccc3c(N)ncnn23)[C@H](O)[C@@H]1O)Oc1cnc(C#N)cn1. The lowest BCUT2D eigenvalue weighted by Crippen LogP contribution is -2.41. The van der Waals surface area contributed by atoms with E-state index in [0.29, 0.717) is 12.1 Å². The minimum absolute atomic E-state index is 0.0128. The molecule has 17 nitrogen and oxygen atoms in total. The van der Waals surface area contributed by atoms with Crippen molar-refractivity contribution in [2.24, 2.45) is 0 Å². The van der Waals surface area contributed by atoms with E-state index < -0.39 is 51.1 Å². The number of fused-ring (bicyclic) bond motifs is 1. The van der Waals surface area contributed by atoms with Crippen LogP contribution >= 0.6 is 7.82 Å². The summed E-state index contributed by atoms with van der Waals surface area (Å²) in [5, 5.41) is 45.0. The first-order valence-corrected chi connectivity index (χ1v) is 21.3. The third-order valence-electron chi connectivity index (χ3n) is 9.79. The number of hydrogen-bond donors (Lipinski definition) is 4. The van der Waals surface area contributed by atoms with Gasteiger partial charge in [-0.3, -0.25) is 9.05 Å². The number of nitrogens with zero attached hydrogens (tertiary/aromatic N) is 7. The highest BCUT2D eigenvalue weighted by Crippen LogP contribution is 2.46. The van der Waals surface area contributed by atoms with Gasteiger partial charge in [0.2, 0.25) is 11.5 Å². The predicted molar refractivity (Wildman–Crippen MR) is 205 cm³/mol. The maximum Gasteiger partial charge on any atom is 0.472 e. The largest absolute Gasteiger partial charge is 0.472 e. The second kappa shape index (κ2) is 23.5. The normalized spacial score (nSPS) is 21.1. The zero-order valence-electron chi connectivity index (χ0n) is 32.3. The molecule has 4 heterocycles. The molecule has 3 aromatic heterocycles. The Morgan fingerprint density at radius 1 is 0.911 bits per heavy atom. The van der Waals surface area contributed by atoms with Gasteiger partial charge in [-0.05, 0) is 18.6 Å². The van der Waals surface area contributed by atoms with Crippen molar-refractivity contribution in [1.29, 1.82) is 10.5 Å². The Kier molecular flexibility index (Phi) is 18.8. The van der Waals surface area contributed by atoms with Gasteiger partial charge in [-0.2, -0.15) is 15.6 Å². The zero-order valence-corrected chi connectivity index (χ0v) is 33.2. The fraction of sp³-hybridized carbons (Fsp3) is 0.684. The van der Waals surface area contributed by atoms with Crippen molar-refractivity contribution in [2.75, 3.05) is 32.2 Å². The average molecular weight is 801 g/mol. The number of ether oxygens (including phenoxy) is 3. The second-order valence-corrected chi connectivity index (χ2v) is 15.6. The molecule has 18 heteroatoms. The number of anilines is 1. The molecule has 0 saturated carbocycles. The van der Waals surface area contributed by atoms with Gasteiger partial charge in [-0.1, -0.05) is 103 Å². The van der Waals surface area contributed by atoms with Gasteiger partial charge in [0.25, 0.3) is 0 Å². The van der Waals surface area contributed by atoms with Gasteiger partial charge in [0, 0.05) is 6.61 Å². The van der Waals surface area contributed by atoms with Crippen molar-refractivity contribution in [3.63, 3.8) is 0 Å². The van der Waals surface area contributed by atoms with Crippen LogP contribution in [0.3, 0.4) is 0 Å². The summed E-state index contributed by atoms with van der Waals surface area (Å²) in [7, 11) is -4.81. The summed E-state index contributed by atoms with van der Waals surface area (Å²) in [4.78, 5) is 22.4. The standard InChI is InChI=1S/C38H57N8O9P/c1-2-3-4-5-6-7-8-9-10-11-12-13-14-15-16-17-20-51-24-30(54-34-23-42-29(21-39)22-43-34)25-52-56(49,50)53-26-32-35(47)36(48)38(27-40,55-32)33-19-18-31-37(41)44-28-45-46(31)33/h18-19,22-23,28,30,32,35-36,47-48H,2-17,20,24-26H2,1H3,(H,49,50)(H2,41,44,45)/t30-,32-,35-,36-,38+/m1/s1. The molecule has 56 heavy (non-hydrogen) atoms. The van der Waals surface area contributed by atoms with E-state index in [9.17, 15) is 24.9 Å². The van der Waals surface area contributed by atoms with E-state index in [1.54, 1.807) is 0 Å². The number of phosphoric ester groups is 1. The maximum absolute atomic E-state index is 13.0. The summed E-state index contributed by atoms with van der Waals surface area (Å²) in [6, 6.07) is 6.74. The molecule has 1 aliphatic heterocycles. The first-order valence-electron chi connectivity index (χ1n) is 19.8. The van der Waals surface area contributed by atoms with Gasteiger partial charge >= 0.3 is 7.82 Å². The number of rotatable bonds is 28. The van der Waals surface area contributed by atoms with Crippen LogP contribution in [0, 0.1) is 22.7 Å². The first kappa shape index (κ1) is 44.9. The minimum Gasteiger partial charge on any atom is -0.468 e. The molecular formula is C38H57N8O9P. The van der Waals surface area contributed by atoms with E-state index in [-0.39, 0.29) is 29.7 Å². The number of hydrogen-bond acceptors (Lipinski definition) is 15. The Labute approximate surface area is 328 Å². The summed E-state index contributed by atoms with van der Waals surface area (Å²) >= 11 is 0. The molecule has 0 amide bonds. The van der Waals surface area contributed by atoms with Crippen LogP contribution in [-0.4, -0.2) is 90.5 Å². The molecule has 0 radical (unpaired) electrons. The Morgan fingerprint density at radius 2 is 1.55 bits per heavy atom. The smallest absolute Gasteiger partial charge is 0.468 e. The molecule has 0 spiro atoms. The number of phosphoric acid groups is 1. The average Bonchev–Trinajstić information content (AvgIpc) is 3.75. The molecule has 0 aliphatic carbocycles. The van der Waals surface area contributed by atoms with E-state index in [1.165, 1.54) is 113 Å². The summed E-state index contributed by atoms with van der Waals surface area (Å²) in [5.41, 5.74) is 4.27. The molecule has 6 atom stereocenters. The molecule has 1 aliphatic rings. The third kappa shape index (κ3) is 13.4.